The quantitative estimate of drug-likeness (QED) is 0.770. The van der Waals surface area contributed by atoms with Gasteiger partial charge in [-0.25, -0.2) is 0 Å². The minimum absolute atomic E-state index is 0.225. The number of aliphatic carboxylic acids is 1. The Bertz CT molecular complexity index is 407. The molecule has 0 aliphatic heterocycles. The largest absolute Gasteiger partial charge is 0.480 e. The molecule has 2 unspecified atom stereocenters. The summed E-state index contributed by atoms with van der Waals surface area (Å²) >= 11 is 7.06. The fraction of sp³-hybridized carbons (Fsp3) is 0.462. The van der Waals surface area contributed by atoms with Crippen LogP contribution in [0, 0.1) is 0 Å². The van der Waals surface area contributed by atoms with Gasteiger partial charge < -0.3 is 10.8 Å². The van der Waals surface area contributed by atoms with E-state index in [4.69, 9.17) is 10.8 Å². The van der Waals surface area contributed by atoms with Crippen molar-refractivity contribution in [3.05, 3.63) is 34.9 Å². The van der Waals surface area contributed by atoms with Crippen LogP contribution in [-0.2, 0) is 11.2 Å². The Morgan fingerprint density at radius 1 is 1.22 bits per heavy atom. The molecule has 18 heavy (non-hydrogen) atoms. The van der Waals surface area contributed by atoms with Gasteiger partial charge in [0, 0.05) is 9.65 Å². The molecule has 5 heteroatoms. The highest BCUT2D eigenvalue weighted by Gasteiger charge is 2.15. The molecule has 3 N–H and O–H groups in total. The van der Waals surface area contributed by atoms with E-state index in [1.165, 1.54) is 0 Å². The molecule has 3 atom stereocenters. The Morgan fingerprint density at radius 3 is 2.00 bits per heavy atom. The van der Waals surface area contributed by atoms with Gasteiger partial charge in [-0.1, -0.05) is 50.1 Å². The molecular formula is C13H17Br2NO2. The van der Waals surface area contributed by atoms with Crippen LogP contribution in [-0.4, -0.2) is 17.1 Å². The van der Waals surface area contributed by atoms with Crippen LogP contribution in [0.25, 0.3) is 0 Å². The Balaban J connectivity index is 3.07. The highest BCUT2D eigenvalue weighted by molar-refractivity contribution is 9.09. The predicted molar refractivity (Wildman–Crippen MR) is 80.4 cm³/mol. The highest BCUT2D eigenvalue weighted by Crippen LogP contribution is 2.29. The first-order valence-corrected chi connectivity index (χ1v) is 7.54. The van der Waals surface area contributed by atoms with Crippen molar-refractivity contribution in [2.24, 2.45) is 5.73 Å². The Labute approximate surface area is 124 Å². The number of alkyl halides is 2. The minimum Gasteiger partial charge on any atom is -0.480 e. The molecule has 1 aromatic carbocycles. The fourth-order valence-electron chi connectivity index (χ4n) is 1.66. The Morgan fingerprint density at radius 2 is 1.67 bits per heavy atom. The molecule has 0 saturated carbocycles. The summed E-state index contributed by atoms with van der Waals surface area (Å²) in [5.41, 5.74) is 8.79. The number of carbonyl (C=O) groups is 1. The zero-order valence-corrected chi connectivity index (χ0v) is 13.5. The molecular weight excluding hydrogens is 362 g/mol. The van der Waals surface area contributed by atoms with Gasteiger partial charge in [-0.2, -0.15) is 0 Å². The molecule has 0 aliphatic carbocycles. The summed E-state index contributed by atoms with van der Waals surface area (Å²) in [4.78, 5) is 11.2. The summed E-state index contributed by atoms with van der Waals surface area (Å²) in [6.45, 7) is 4.08. The number of carboxylic acids is 1. The molecule has 0 amide bonds. The normalized spacial score (nSPS) is 16.1. The number of benzene rings is 1. The first kappa shape index (κ1) is 15.7. The van der Waals surface area contributed by atoms with E-state index in [0.717, 1.165) is 16.7 Å². The zero-order chi connectivity index (χ0) is 13.9. The van der Waals surface area contributed by atoms with Crippen LogP contribution in [0.5, 0.6) is 0 Å². The summed E-state index contributed by atoms with van der Waals surface area (Å²) in [5.74, 6) is -0.972. The molecule has 0 saturated heterocycles. The molecule has 0 spiro atoms. The van der Waals surface area contributed by atoms with E-state index in [1.807, 2.05) is 26.0 Å². The van der Waals surface area contributed by atoms with Crippen LogP contribution in [0.4, 0.5) is 0 Å². The minimum atomic E-state index is -0.972. The van der Waals surface area contributed by atoms with Gasteiger partial charge in [0.1, 0.15) is 6.04 Å². The third-order valence-electron chi connectivity index (χ3n) is 2.73. The molecule has 100 valence electrons. The van der Waals surface area contributed by atoms with E-state index in [0.29, 0.717) is 6.42 Å². The lowest BCUT2D eigenvalue weighted by atomic mass is 9.98. The van der Waals surface area contributed by atoms with Gasteiger partial charge in [0.25, 0.3) is 0 Å². The molecule has 0 aromatic heterocycles. The van der Waals surface area contributed by atoms with Crippen LogP contribution >= 0.6 is 31.9 Å². The van der Waals surface area contributed by atoms with Crippen molar-refractivity contribution in [3.63, 3.8) is 0 Å². The van der Waals surface area contributed by atoms with Gasteiger partial charge in [0.2, 0.25) is 0 Å². The summed E-state index contributed by atoms with van der Waals surface area (Å²) in [6.07, 6.45) is 0.343. The second kappa shape index (κ2) is 6.68. The Kier molecular flexibility index (Phi) is 5.82. The van der Waals surface area contributed by atoms with E-state index < -0.39 is 12.0 Å². The average Bonchev–Trinajstić information content (AvgIpc) is 2.28. The van der Waals surface area contributed by atoms with E-state index in [9.17, 15) is 4.79 Å². The summed E-state index contributed by atoms with van der Waals surface area (Å²) in [5, 5.41) is 8.86. The lowest BCUT2D eigenvalue weighted by Gasteiger charge is -2.14. The number of hydrogen-bond donors (Lipinski definition) is 2. The van der Waals surface area contributed by atoms with Crippen molar-refractivity contribution in [2.75, 3.05) is 0 Å². The molecule has 0 bridgehead atoms. The maximum Gasteiger partial charge on any atom is 0.320 e. The maximum absolute atomic E-state index is 10.8. The molecule has 0 aliphatic rings. The topological polar surface area (TPSA) is 63.3 Å². The number of halogens is 2. The monoisotopic (exact) mass is 377 g/mol. The maximum atomic E-state index is 10.8. The van der Waals surface area contributed by atoms with Crippen molar-refractivity contribution >= 4 is 37.8 Å². The smallest absolute Gasteiger partial charge is 0.320 e. The molecule has 3 nitrogen and oxygen atoms in total. The van der Waals surface area contributed by atoms with E-state index in [-0.39, 0.29) is 9.65 Å². The first-order chi connectivity index (χ1) is 8.31. The molecule has 0 fully saturated rings. The molecule has 1 aromatic rings. The van der Waals surface area contributed by atoms with E-state index in [2.05, 4.69) is 37.9 Å². The van der Waals surface area contributed by atoms with Crippen molar-refractivity contribution in [3.8, 4) is 0 Å². The summed E-state index contributed by atoms with van der Waals surface area (Å²) < 4.78 is 0. The number of carboxylic acid groups (broad SMARTS) is 1. The van der Waals surface area contributed by atoms with Crippen LogP contribution < -0.4 is 5.73 Å². The lowest BCUT2D eigenvalue weighted by Crippen LogP contribution is -2.32. The van der Waals surface area contributed by atoms with Crippen LogP contribution in [0.2, 0.25) is 0 Å². The van der Waals surface area contributed by atoms with Gasteiger partial charge in [-0.05, 0) is 37.0 Å². The SMILES string of the molecule is CC(Br)c1cc(C[C@H](N)C(=O)O)cc(C(C)Br)c1. The number of nitrogens with two attached hydrogens (primary N) is 1. The van der Waals surface area contributed by atoms with Crippen molar-refractivity contribution in [1.29, 1.82) is 0 Å². The van der Waals surface area contributed by atoms with Gasteiger partial charge in [-0.15, -0.1) is 0 Å². The summed E-state index contributed by atoms with van der Waals surface area (Å²) in [7, 11) is 0. The fourth-order valence-corrected chi connectivity index (χ4v) is 2.19. The van der Waals surface area contributed by atoms with Gasteiger partial charge in [-0.3, -0.25) is 4.79 Å². The van der Waals surface area contributed by atoms with Crippen molar-refractivity contribution in [1.82, 2.24) is 0 Å². The molecule has 0 heterocycles. The zero-order valence-electron chi connectivity index (χ0n) is 10.4. The third-order valence-corrected chi connectivity index (χ3v) is 3.79. The van der Waals surface area contributed by atoms with Gasteiger partial charge in [0.15, 0.2) is 0 Å². The second-order valence-corrected chi connectivity index (χ2v) is 7.14. The van der Waals surface area contributed by atoms with Crippen molar-refractivity contribution in [2.45, 2.75) is 36.0 Å². The highest BCUT2D eigenvalue weighted by atomic mass is 79.9. The molecule has 1 rings (SSSR count). The number of hydrogen-bond acceptors (Lipinski definition) is 2. The average molecular weight is 379 g/mol. The van der Waals surface area contributed by atoms with E-state index in [1.54, 1.807) is 0 Å². The van der Waals surface area contributed by atoms with Gasteiger partial charge in [0.05, 0.1) is 0 Å². The van der Waals surface area contributed by atoms with Crippen LogP contribution in [0.1, 0.15) is 40.2 Å². The predicted octanol–water partition coefficient (Wildman–Crippen LogP) is 3.55. The van der Waals surface area contributed by atoms with Gasteiger partial charge >= 0.3 is 5.97 Å². The standard InChI is InChI=1S/C13H17Br2NO2/c1-7(14)10-3-9(5-12(16)13(17)18)4-11(6-10)8(2)15/h3-4,6-8,12H,5,16H2,1-2H3,(H,17,18)/t7?,8?,12-/m0/s1. The van der Waals surface area contributed by atoms with Crippen LogP contribution in [0.3, 0.4) is 0 Å². The molecule has 0 radical (unpaired) electrons. The van der Waals surface area contributed by atoms with Crippen molar-refractivity contribution < 1.29 is 9.90 Å². The summed E-state index contributed by atoms with van der Waals surface area (Å²) in [6, 6.07) is 5.25. The lowest BCUT2D eigenvalue weighted by molar-refractivity contribution is -0.138. The third kappa shape index (κ3) is 4.37. The Hall–Kier alpha value is -0.390. The number of rotatable bonds is 5. The van der Waals surface area contributed by atoms with E-state index >= 15 is 0 Å². The first-order valence-electron chi connectivity index (χ1n) is 5.71. The second-order valence-electron chi connectivity index (χ2n) is 4.39. The van der Waals surface area contributed by atoms with Crippen LogP contribution in [0.15, 0.2) is 18.2 Å².